The minimum atomic E-state index is -3.41. The van der Waals surface area contributed by atoms with Crippen LogP contribution >= 0.6 is 31.0 Å². The fourth-order valence-corrected chi connectivity index (χ4v) is 5.19. The summed E-state index contributed by atoms with van der Waals surface area (Å²) < 4.78 is 23.3. The van der Waals surface area contributed by atoms with Crippen LogP contribution in [0.5, 0.6) is 0 Å². The Kier molecular flexibility index (Phi) is 6.36. The number of alkyl halides is 1. The van der Waals surface area contributed by atoms with Crippen LogP contribution in [0.15, 0.2) is 35.2 Å². The van der Waals surface area contributed by atoms with E-state index < -0.39 is 12.5 Å². The van der Waals surface area contributed by atoms with Crippen LogP contribution in [0.1, 0.15) is 19.4 Å². The van der Waals surface area contributed by atoms with Crippen LogP contribution in [-0.4, -0.2) is 25.3 Å². The summed E-state index contributed by atoms with van der Waals surface area (Å²) in [5.41, 5.74) is 0.789. The number of hydrogen-bond acceptors (Lipinski definition) is 4. The molecule has 3 nitrogen and oxygen atoms in total. The van der Waals surface area contributed by atoms with Crippen molar-refractivity contribution in [3.8, 4) is 0 Å². The number of hydrogen-bond donors (Lipinski definition) is 0. The van der Waals surface area contributed by atoms with Crippen LogP contribution in [-0.2, 0) is 13.6 Å². The van der Waals surface area contributed by atoms with Gasteiger partial charge in [-0.25, -0.2) is 0 Å². The molecule has 112 valence electrons. The monoisotopic (exact) mass is 334 g/mol. The SMILES string of the molecule is COP(=O)(OC)/C(=C(\SC)C(C)(C)Cl)c1ccccc1. The van der Waals surface area contributed by atoms with Crippen molar-refractivity contribution in [2.75, 3.05) is 20.5 Å². The topological polar surface area (TPSA) is 35.5 Å². The van der Waals surface area contributed by atoms with Gasteiger partial charge in [0, 0.05) is 19.1 Å². The molecule has 6 heteroatoms. The van der Waals surface area contributed by atoms with E-state index in [0.717, 1.165) is 10.5 Å². The summed E-state index contributed by atoms with van der Waals surface area (Å²) in [4.78, 5) is 0.106. The van der Waals surface area contributed by atoms with E-state index in [2.05, 4.69) is 0 Å². The second kappa shape index (κ2) is 7.15. The van der Waals surface area contributed by atoms with E-state index in [4.69, 9.17) is 20.6 Å². The minimum absolute atomic E-state index is 0.524. The van der Waals surface area contributed by atoms with Gasteiger partial charge in [0.1, 0.15) is 0 Å². The Labute approximate surface area is 130 Å². The van der Waals surface area contributed by atoms with E-state index in [1.807, 2.05) is 50.4 Å². The van der Waals surface area contributed by atoms with Gasteiger partial charge in [0.25, 0.3) is 0 Å². The minimum Gasteiger partial charge on any atom is -0.309 e. The zero-order valence-corrected chi connectivity index (χ0v) is 14.8. The lowest BCUT2D eigenvalue weighted by Gasteiger charge is -2.26. The maximum Gasteiger partial charge on any atom is 0.362 e. The van der Waals surface area contributed by atoms with Crippen molar-refractivity contribution < 1.29 is 13.6 Å². The Balaban J connectivity index is 3.67. The molecule has 0 radical (unpaired) electrons. The first-order valence-corrected chi connectivity index (χ1v) is 9.20. The molecule has 1 aromatic carbocycles. The molecule has 1 rings (SSSR count). The maximum atomic E-state index is 12.9. The van der Waals surface area contributed by atoms with E-state index in [1.54, 1.807) is 0 Å². The van der Waals surface area contributed by atoms with Crippen molar-refractivity contribution in [3.05, 3.63) is 40.8 Å². The summed E-state index contributed by atoms with van der Waals surface area (Å²) >= 11 is 7.91. The van der Waals surface area contributed by atoms with Crippen molar-refractivity contribution in [3.63, 3.8) is 0 Å². The molecular formula is C14H20ClO3PS. The Bertz CT molecular complexity index is 515. The van der Waals surface area contributed by atoms with Gasteiger partial charge in [-0.1, -0.05) is 30.3 Å². The fourth-order valence-electron chi connectivity index (χ4n) is 1.89. The Hall–Kier alpha value is -0.250. The molecule has 0 saturated heterocycles. The van der Waals surface area contributed by atoms with E-state index >= 15 is 0 Å². The molecule has 0 aromatic heterocycles. The van der Waals surface area contributed by atoms with Gasteiger partial charge < -0.3 is 9.05 Å². The van der Waals surface area contributed by atoms with Crippen molar-refractivity contribution in [1.82, 2.24) is 0 Å². The molecule has 0 aliphatic rings. The Morgan fingerprint density at radius 2 is 1.70 bits per heavy atom. The van der Waals surface area contributed by atoms with Gasteiger partial charge in [-0.3, -0.25) is 4.57 Å². The molecule has 0 amide bonds. The van der Waals surface area contributed by atoms with Crippen LogP contribution < -0.4 is 0 Å². The lowest BCUT2D eigenvalue weighted by atomic mass is 10.1. The molecule has 0 aliphatic carbocycles. The van der Waals surface area contributed by atoms with Gasteiger partial charge in [-0.05, 0) is 25.7 Å². The second-order valence-corrected chi connectivity index (χ2v) is 8.52. The first-order chi connectivity index (χ1) is 9.30. The van der Waals surface area contributed by atoms with Gasteiger partial charge in [0.05, 0.1) is 10.2 Å². The number of halogens is 1. The van der Waals surface area contributed by atoms with E-state index in [9.17, 15) is 4.57 Å². The molecule has 0 N–H and O–H groups in total. The maximum absolute atomic E-state index is 12.9. The molecule has 1 aromatic rings. The highest BCUT2D eigenvalue weighted by atomic mass is 35.5. The number of benzene rings is 1. The lowest BCUT2D eigenvalue weighted by Crippen LogP contribution is -2.14. The Morgan fingerprint density at radius 3 is 2.05 bits per heavy atom. The van der Waals surface area contributed by atoms with Gasteiger partial charge in [0.15, 0.2) is 0 Å². The molecular weight excluding hydrogens is 315 g/mol. The van der Waals surface area contributed by atoms with Gasteiger partial charge in [-0.15, -0.1) is 23.4 Å². The predicted molar refractivity (Wildman–Crippen MR) is 88.4 cm³/mol. The highest BCUT2D eigenvalue weighted by molar-refractivity contribution is 8.03. The summed E-state index contributed by atoms with van der Waals surface area (Å²) in [6.45, 7) is 3.72. The van der Waals surface area contributed by atoms with Gasteiger partial charge >= 0.3 is 7.60 Å². The third kappa shape index (κ3) is 3.90. The zero-order chi connectivity index (χ0) is 15.4. The molecule has 0 saturated carbocycles. The summed E-state index contributed by atoms with van der Waals surface area (Å²) in [7, 11) is -0.645. The summed E-state index contributed by atoms with van der Waals surface area (Å²) in [5, 5.41) is 0.524. The van der Waals surface area contributed by atoms with Crippen LogP contribution in [0.4, 0.5) is 0 Å². The third-order valence-electron chi connectivity index (χ3n) is 2.76. The first kappa shape index (κ1) is 17.8. The molecule has 0 heterocycles. The van der Waals surface area contributed by atoms with Crippen LogP contribution in [0.3, 0.4) is 0 Å². The molecule has 0 fully saturated rings. The van der Waals surface area contributed by atoms with E-state index in [0.29, 0.717) is 5.31 Å². The van der Waals surface area contributed by atoms with Crippen LogP contribution in [0.2, 0.25) is 0 Å². The number of thioether (sulfide) groups is 1. The van der Waals surface area contributed by atoms with Crippen molar-refractivity contribution in [1.29, 1.82) is 0 Å². The molecule has 0 atom stereocenters. The third-order valence-corrected chi connectivity index (χ3v) is 6.33. The average Bonchev–Trinajstić information content (AvgIpc) is 2.43. The standard InChI is InChI=1S/C14H20ClO3PS/c1-14(2,15)13(20-5)12(19(16,17-3)18-4)11-9-7-6-8-10-11/h6-10H,1-5H3/b13-12-. The quantitative estimate of drug-likeness (QED) is 0.527. The van der Waals surface area contributed by atoms with E-state index in [-0.39, 0.29) is 0 Å². The second-order valence-electron chi connectivity index (χ2n) is 4.58. The summed E-state index contributed by atoms with van der Waals surface area (Å²) in [6.07, 6.45) is 1.90. The number of rotatable bonds is 6. The number of allylic oxidation sites excluding steroid dienone is 1. The smallest absolute Gasteiger partial charge is 0.309 e. The van der Waals surface area contributed by atoms with Crippen LogP contribution in [0, 0.1) is 0 Å². The first-order valence-electron chi connectivity index (χ1n) is 6.05. The van der Waals surface area contributed by atoms with Gasteiger partial charge in [-0.2, -0.15) is 0 Å². The molecule has 0 spiro atoms. The highest BCUT2D eigenvalue weighted by Crippen LogP contribution is 2.63. The average molecular weight is 335 g/mol. The predicted octanol–water partition coefficient (Wildman–Crippen LogP) is 5.22. The van der Waals surface area contributed by atoms with Crippen molar-refractivity contribution in [2.45, 2.75) is 18.7 Å². The van der Waals surface area contributed by atoms with E-state index in [1.165, 1.54) is 26.0 Å². The van der Waals surface area contributed by atoms with Crippen molar-refractivity contribution in [2.24, 2.45) is 0 Å². The van der Waals surface area contributed by atoms with Gasteiger partial charge in [0.2, 0.25) is 0 Å². The summed E-state index contributed by atoms with van der Waals surface area (Å²) in [6, 6.07) is 9.41. The fraction of sp³-hybridized carbons (Fsp3) is 0.429. The normalized spacial score (nSPS) is 14.1. The highest BCUT2D eigenvalue weighted by Gasteiger charge is 2.36. The molecule has 0 unspecified atom stereocenters. The zero-order valence-electron chi connectivity index (χ0n) is 12.3. The Morgan fingerprint density at radius 1 is 1.20 bits per heavy atom. The largest absolute Gasteiger partial charge is 0.362 e. The molecule has 0 bridgehead atoms. The van der Waals surface area contributed by atoms with Crippen molar-refractivity contribution >= 4 is 36.3 Å². The summed E-state index contributed by atoms with van der Waals surface area (Å²) in [5.74, 6) is 0. The molecule has 0 aliphatic heterocycles. The lowest BCUT2D eigenvalue weighted by molar-refractivity contribution is 0.288. The molecule has 20 heavy (non-hydrogen) atoms. The van der Waals surface area contributed by atoms with Crippen LogP contribution in [0.25, 0.3) is 5.31 Å².